The number of nitrogens with one attached hydrogen (secondary N) is 1. The molecular weight excluding hydrogens is 296 g/mol. The van der Waals surface area contributed by atoms with Gasteiger partial charge in [0.05, 0.1) is 5.69 Å². The number of amides is 2. The molecule has 1 unspecified atom stereocenters. The van der Waals surface area contributed by atoms with Gasteiger partial charge in [0.1, 0.15) is 0 Å². The summed E-state index contributed by atoms with van der Waals surface area (Å²) in [4.78, 5) is 14.0. The molecule has 0 fully saturated rings. The molecule has 118 valence electrons. The first-order chi connectivity index (χ1) is 10.5. The molecule has 0 bridgehead atoms. The second-order valence-corrected chi connectivity index (χ2v) is 6.20. The normalized spacial score (nSPS) is 12.0. The van der Waals surface area contributed by atoms with E-state index in [9.17, 15) is 4.79 Å². The lowest BCUT2D eigenvalue weighted by molar-refractivity contribution is 0.212. The van der Waals surface area contributed by atoms with Crippen molar-refractivity contribution in [2.75, 3.05) is 24.4 Å². The highest BCUT2D eigenvalue weighted by atomic mass is 32.2. The Kier molecular flexibility index (Phi) is 5.49. The first-order valence-corrected chi connectivity index (χ1v) is 8.56. The molecule has 2 rings (SSSR count). The summed E-state index contributed by atoms with van der Waals surface area (Å²) in [6.45, 7) is 3.97. The van der Waals surface area contributed by atoms with Gasteiger partial charge < -0.3 is 4.90 Å². The molecule has 1 aromatic heterocycles. The zero-order valence-electron chi connectivity index (χ0n) is 13.4. The third kappa shape index (κ3) is 3.82. The van der Waals surface area contributed by atoms with Gasteiger partial charge in [0.15, 0.2) is 5.82 Å². The van der Waals surface area contributed by atoms with E-state index in [-0.39, 0.29) is 12.1 Å². The first-order valence-electron chi connectivity index (χ1n) is 7.17. The fourth-order valence-corrected chi connectivity index (χ4v) is 2.75. The van der Waals surface area contributed by atoms with Crippen molar-refractivity contribution in [1.29, 1.82) is 0 Å². The monoisotopic (exact) mass is 318 g/mol. The smallest absolute Gasteiger partial charge is 0.323 e. The van der Waals surface area contributed by atoms with E-state index >= 15 is 0 Å². The molecule has 1 atom stereocenters. The van der Waals surface area contributed by atoms with Crippen LogP contribution in [0.25, 0.3) is 5.69 Å². The van der Waals surface area contributed by atoms with E-state index < -0.39 is 0 Å². The van der Waals surface area contributed by atoms with Crippen LogP contribution in [0.15, 0.2) is 36.5 Å². The number of hydrogen-bond acceptors (Lipinski definition) is 3. The van der Waals surface area contributed by atoms with Gasteiger partial charge >= 0.3 is 6.03 Å². The number of carbonyl (C=O) groups excluding carboxylic acids is 1. The van der Waals surface area contributed by atoms with Crippen molar-refractivity contribution in [2.45, 2.75) is 19.9 Å². The summed E-state index contributed by atoms with van der Waals surface area (Å²) in [5, 5.41) is 7.35. The Morgan fingerprint density at radius 3 is 2.73 bits per heavy atom. The minimum atomic E-state index is -0.136. The van der Waals surface area contributed by atoms with Crippen LogP contribution in [0, 0.1) is 6.92 Å². The summed E-state index contributed by atoms with van der Waals surface area (Å²) in [7, 11) is 1.81. The van der Waals surface area contributed by atoms with Crippen molar-refractivity contribution in [3.63, 3.8) is 0 Å². The molecule has 0 saturated carbocycles. The summed E-state index contributed by atoms with van der Waals surface area (Å²) in [5.41, 5.74) is 1.90. The van der Waals surface area contributed by atoms with Gasteiger partial charge in [-0.25, -0.2) is 9.48 Å². The molecule has 0 aliphatic heterocycles. The zero-order chi connectivity index (χ0) is 16.1. The van der Waals surface area contributed by atoms with Crippen molar-refractivity contribution >= 4 is 23.6 Å². The molecule has 22 heavy (non-hydrogen) atoms. The molecule has 2 aromatic rings. The van der Waals surface area contributed by atoms with E-state index in [4.69, 9.17) is 0 Å². The maximum atomic E-state index is 12.3. The van der Waals surface area contributed by atoms with Gasteiger partial charge in [-0.1, -0.05) is 18.2 Å². The van der Waals surface area contributed by atoms with E-state index in [1.165, 1.54) is 0 Å². The summed E-state index contributed by atoms with van der Waals surface area (Å²) >= 11 is 1.72. The summed E-state index contributed by atoms with van der Waals surface area (Å²) < 4.78 is 1.77. The Labute approximate surface area is 135 Å². The van der Waals surface area contributed by atoms with Crippen LogP contribution in [0.2, 0.25) is 0 Å². The fourth-order valence-electron chi connectivity index (χ4n) is 2.04. The lowest BCUT2D eigenvalue weighted by atomic mass is 10.3. The van der Waals surface area contributed by atoms with Crippen LogP contribution < -0.4 is 5.32 Å². The Morgan fingerprint density at radius 2 is 2.09 bits per heavy atom. The number of benzene rings is 1. The molecule has 5 nitrogen and oxygen atoms in total. The number of hydrogen-bond donors (Lipinski definition) is 1. The van der Waals surface area contributed by atoms with E-state index in [2.05, 4.69) is 10.4 Å². The number of para-hydroxylation sites is 1. The number of anilines is 1. The highest BCUT2D eigenvalue weighted by molar-refractivity contribution is 7.98. The van der Waals surface area contributed by atoms with Gasteiger partial charge in [0.25, 0.3) is 0 Å². The zero-order valence-corrected chi connectivity index (χ0v) is 14.2. The van der Waals surface area contributed by atoms with Crippen LogP contribution in [-0.2, 0) is 0 Å². The highest BCUT2D eigenvalue weighted by Gasteiger charge is 2.17. The third-order valence-corrected chi connectivity index (χ3v) is 4.35. The summed E-state index contributed by atoms with van der Waals surface area (Å²) in [6, 6.07) is 9.87. The standard InChI is InChI=1S/C16H22N4OS/c1-12-10-20(14-8-6-5-7-9-14)18-15(12)17-16(21)19(3)13(2)11-22-4/h5-10,13H,11H2,1-4H3,(H,17,18,21). The second kappa shape index (κ2) is 7.35. The molecule has 0 aliphatic rings. The molecule has 0 aliphatic carbocycles. The van der Waals surface area contributed by atoms with Gasteiger partial charge in [0, 0.05) is 30.6 Å². The average Bonchev–Trinajstić information content (AvgIpc) is 2.88. The molecule has 0 saturated heterocycles. The van der Waals surface area contributed by atoms with Gasteiger partial charge in [0.2, 0.25) is 0 Å². The van der Waals surface area contributed by atoms with Crippen LogP contribution in [0.1, 0.15) is 12.5 Å². The lowest BCUT2D eigenvalue weighted by Crippen LogP contribution is -2.39. The summed E-state index contributed by atoms with van der Waals surface area (Å²) in [6.07, 6.45) is 3.95. The van der Waals surface area contributed by atoms with Gasteiger partial charge in [-0.15, -0.1) is 5.10 Å². The van der Waals surface area contributed by atoms with E-state index in [1.807, 2.05) is 56.6 Å². The van der Waals surface area contributed by atoms with Gasteiger partial charge in [-0.05, 0) is 32.2 Å². The molecule has 0 spiro atoms. The molecule has 1 heterocycles. The molecule has 6 heteroatoms. The molecule has 1 aromatic carbocycles. The number of urea groups is 1. The van der Waals surface area contributed by atoms with Crippen LogP contribution in [0.4, 0.5) is 10.6 Å². The first kappa shape index (κ1) is 16.4. The Bertz CT molecular complexity index is 626. The number of nitrogens with zero attached hydrogens (tertiary/aromatic N) is 3. The SMILES string of the molecule is CSCC(C)N(C)C(=O)Nc1nn(-c2ccccc2)cc1C. The van der Waals surface area contributed by atoms with Crippen molar-refractivity contribution in [2.24, 2.45) is 0 Å². The molecule has 0 radical (unpaired) electrons. The maximum Gasteiger partial charge on any atom is 0.323 e. The predicted octanol–water partition coefficient (Wildman–Crippen LogP) is 3.40. The Balaban J connectivity index is 2.11. The molecule has 1 N–H and O–H groups in total. The largest absolute Gasteiger partial charge is 0.324 e. The van der Waals surface area contributed by atoms with E-state index in [0.29, 0.717) is 5.82 Å². The lowest BCUT2D eigenvalue weighted by Gasteiger charge is -2.24. The van der Waals surface area contributed by atoms with Crippen LogP contribution in [0.5, 0.6) is 0 Å². The molecule has 2 amide bonds. The number of aryl methyl sites for hydroxylation is 1. The Morgan fingerprint density at radius 1 is 1.41 bits per heavy atom. The second-order valence-electron chi connectivity index (χ2n) is 5.29. The number of carbonyl (C=O) groups is 1. The van der Waals surface area contributed by atoms with Gasteiger partial charge in [-0.3, -0.25) is 5.32 Å². The summed E-state index contributed by atoms with van der Waals surface area (Å²) in [5.74, 6) is 1.50. The van der Waals surface area contributed by atoms with E-state index in [0.717, 1.165) is 17.0 Å². The number of rotatable bonds is 5. The number of thioether (sulfide) groups is 1. The van der Waals surface area contributed by atoms with Crippen LogP contribution in [0.3, 0.4) is 0 Å². The minimum absolute atomic E-state index is 0.136. The minimum Gasteiger partial charge on any atom is -0.324 e. The quantitative estimate of drug-likeness (QED) is 0.919. The topological polar surface area (TPSA) is 50.2 Å². The van der Waals surface area contributed by atoms with Crippen molar-refractivity contribution < 1.29 is 4.79 Å². The van der Waals surface area contributed by atoms with E-state index in [1.54, 1.807) is 28.4 Å². The van der Waals surface area contributed by atoms with Crippen LogP contribution >= 0.6 is 11.8 Å². The number of aromatic nitrogens is 2. The Hall–Kier alpha value is -1.95. The highest BCUT2D eigenvalue weighted by Crippen LogP contribution is 2.16. The fraction of sp³-hybridized carbons (Fsp3) is 0.375. The maximum absolute atomic E-state index is 12.3. The third-order valence-electron chi connectivity index (χ3n) is 3.53. The van der Waals surface area contributed by atoms with Crippen LogP contribution in [-0.4, -0.2) is 45.8 Å². The van der Waals surface area contributed by atoms with Gasteiger partial charge in [-0.2, -0.15) is 11.8 Å². The predicted molar refractivity (Wildman–Crippen MR) is 92.9 cm³/mol. The average molecular weight is 318 g/mol. The van der Waals surface area contributed by atoms with Crippen molar-refractivity contribution in [1.82, 2.24) is 14.7 Å². The van der Waals surface area contributed by atoms with Crippen molar-refractivity contribution in [3.8, 4) is 5.69 Å². The van der Waals surface area contributed by atoms with Crippen molar-refractivity contribution in [3.05, 3.63) is 42.1 Å². The molecular formula is C16H22N4OS.